The Kier molecular flexibility index (Phi) is 4.83. The van der Waals surface area contributed by atoms with E-state index in [9.17, 15) is 9.59 Å². The number of carbonyl (C=O) groups excluding carboxylic acids is 2. The second-order valence-electron chi connectivity index (χ2n) is 4.74. The number of benzene rings is 1. The van der Waals surface area contributed by atoms with Gasteiger partial charge in [-0.2, -0.15) is 0 Å². The molecule has 0 saturated carbocycles. The summed E-state index contributed by atoms with van der Waals surface area (Å²) in [5.41, 5.74) is 1.76. The maximum absolute atomic E-state index is 12.6. The molecular weight excluding hydrogens is 302 g/mol. The summed E-state index contributed by atoms with van der Waals surface area (Å²) in [5.74, 6) is -0.812. The monoisotopic (exact) mass is 317 g/mol. The zero-order valence-electron chi connectivity index (χ0n) is 12.4. The Hall–Kier alpha value is -2.33. The average molecular weight is 318 g/mol. The second-order valence-corrected chi connectivity index (χ2v) is 5.14. The van der Waals surface area contributed by atoms with Crippen LogP contribution in [0.5, 0.6) is 0 Å². The van der Waals surface area contributed by atoms with Crippen molar-refractivity contribution in [1.29, 1.82) is 0 Å². The van der Waals surface area contributed by atoms with Gasteiger partial charge in [0, 0.05) is 17.3 Å². The molecular formula is C17H16ClNO3. The molecule has 0 saturated heterocycles. The number of esters is 1. The highest BCUT2D eigenvalue weighted by atomic mass is 35.5. The van der Waals surface area contributed by atoms with Crippen molar-refractivity contribution < 1.29 is 14.3 Å². The average Bonchev–Trinajstić information content (AvgIpc) is 2.74. The predicted octanol–water partition coefficient (Wildman–Crippen LogP) is 3.20. The number of halogens is 1. The molecule has 114 valence electrons. The molecule has 4 nitrogen and oxygen atoms in total. The lowest BCUT2D eigenvalue weighted by molar-refractivity contribution is -0.136. The summed E-state index contributed by atoms with van der Waals surface area (Å²) in [7, 11) is 1.29. The topological polar surface area (TPSA) is 46.6 Å². The van der Waals surface area contributed by atoms with Crippen LogP contribution in [0.15, 0.2) is 53.8 Å². The number of methoxy groups -OCH3 is 1. The van der Waals surface area contributed by atoms with Crippen molar-refractivity contribution in [3.63, 3.8) is 0 Å². The van der Waals surface area contributed by atoms with Gasteiger partial charge >= 0.3 is 5.97 Å². The van der Waals surface area contributed by atoms with E-state index in [1.54, 1.807) is 37.3 Å². The first-order chi connectivity index (χ1) is 10.5. The Morgan fingerprint density at radius 2 is 2.09 bits per heavy atom. The van der Waals surface area contributed by atoms with Gasteiger partial charge in [-0.25, -0.2) is 4.79 Å². The van der Waals surface area contributed by atoms with Crippen LogP contribution in [0.2, 0.25) is 5.02 Å². The molecule has 0 fully saturated rings. The van der Waals surface area contributed by atoms with Crippen LogP contribution in [0.3, 0.4) is 0 Å². The molecule has 1 aliphatic heterocycles. The summed E-state index contributed by atoms with van der Waals surface area (Å²) in [6.07, 6.45) is 3.22. The Morgan fingerprint density at radius 3 is 2.68 bits per heavy atom. The van der Waals surface area contributed by atoms with Crippen LogP contribution in [-0.4, -0.2) is 30.4 Å². The Balaban J connectivity index is 2.58. The highest BCUT2D eigenvalue weighted by Gasteiger charge is 2.36. The van der Waals surface area contributed by atoms with Crippen LogP contribution < -0.4 is 0 Å². The molecule has 2 rings (SSSR count). The van der Waals surface area contributed by atoms with Crippen molar-refractivity contribution in [3.8, 4) is 0 Å². The van der Waals surface area contributed by atoms with Gasteiger partial charge in [0.2, 0.25) is 0 Å². The summed E-state index contributed by atoms with van der Waals surface area (Å²) < 4.78 is 4.80. The van der Waals surface area contributed by atoms with Crippen molar-refractivity contribution in [1.82, 2.24) is 4.90 Å². The normalized spacial score (nSPS) is 16.4. The number of nitrogens with zero attached hydrogens (tertiary/aromatic N) is 1. The molecule has 1 aromatic rings. The number of rotatable bonds is 4. The molecule has 1 amide bonds. The lowest BCUT2D eigenvalue weighted by Crippen LogP contribution is -2.25. The predicted molar refractivity (Wildman–Crippen MR) is 86.1 cm³/mol. The minimum atomic E-state index is -0.546. The van der Waals surface area contributed by atoms with Crippen molar-refractivity contribution in [3.05, 3.63) is 64.3 Å². The number of hydrogen-bond acceptors (Lipinski definition) is 3. The minimum Gasteiger partial charge on any atom is -0.465 e. The zero-order chi connectivity index (χ0) is 16.3. The third-order valence-electron chi connectivity index (χ3n) is 3.42. The molecule has 1 aliphatic rings. The van der Waals surface area contributed by atoms with Crippen molar-refractivity contribution in [2.45, 2.75) is 6.92 Å². The molecule has 0 N–H and O–H groups in total. The molecule has 0 atom stereocenters. The summed E-state index contributed by atoms with van der Waals surface area (Å²) >= 11 is 6.13. The van der Waals surface area contributed by atoms with E-state index in [1.807, 2.05) is 6.07 Å². The van der Waals surface area contributed by atoms with Gasteiger partial charge in [0.05, 0.1) is 18.3 Å². The largest absolute Gasteiger partial charge is 0.465 e. The maximum atomic E-state index is 12.6. The molecule has 0 spiro atoms. The fraction of sp³-hybridized carbons (Fsp3) is 0.176. The van der Waals surface area contributed by atoms with Crippen LogP contribution in [0.25, 0.3) is 6.08 Å². The second kappa shape index (κ2) is 6.62. The van der Waals surface area contributed by atoms with E-state index in [1.165, 1.54) is 12.0 Å². The summed E-state index contributed by atoms with van der Waals surface area (Å²) in [4.78, 5) is 26.1. The van der Waals surface area contributed by atoms with E-state index in [0.717, 1.165) is 0 Å². The first-order valence-corrected chi connectivity index (χ1v) is 7.07. The maximum Gasteiger partial charge on any atom is 0.340 e. The SMILES string of the molecule is C=CCN1C(=O)/C(=C\c2ccccc2Cl)C(C(=O)OC)=C1C. The molecule has 1 aromatic carbocycles. The molecule has 0 aromatic heterocycles. The van der Waals surface area contributed by atoms with Crippen molar-refractivity contribution in [2.75, 3.05) is 13.7 Å². The van der Waals surface area contributed by atoms with E-state index >= 15 is 0 Å². The third-order valence-corrected chi connectivity index (χ3v) is 3.76. The van der Waals surface area contributed by atoms with Gasteiger partial charge in [-0.1, -0.05) is 35.9 Å². The van der Waals surface area contributed by atoms with E-state index in [2.05, 4.69) is 6.58 Å². The number of allylic oxidation sites excluding steroid dienone is 1. The molecule has 0 radical (unpaired) electrons. The van der Waals surface area contributed by atoms with Crippen LogP contribution in [0.1, 0.15) is 12.5 Å². The van der Waals surface area contributed by atoms with E-state index in [0.29, 0.717) is 22.8 Å². The number of hydrogen-bond donors (Lipinski definition) is 0. The summed E-state index contributed by atoms with van der Waals surface area (Å²) in [6, 6.07) is 7.12. The third kappa shape index (κ3) is 2.83. The molecule has 0 aliphatic carbocycles. The van der Waals surface area contributed by atoms with Gasteiger partial charge < -0.3 is 9.64 Å². The van der Waals surface area contributed by atoms with Gasteiger partial charge in [0.15, 0.2) is 0 Å². The quantitative estimate of drug-likeness (QED) is 0.487. The Labute approximate surface area is 134 Å². The molecule has 0 unspecified atom stereocenters. The first-order valence-electron chi connectivity index (χ1n) is 6.69. The highest BCUT2D eigenvalue weighted by Crippen LogP contribution is 2.32. The molecule has 0 bridgehead atoms. The van der Waals surface area contributed by atoms with Gasteiger partial charge in [-0.3, -0.25) is 4.79 Å². The summed E-state index contributed by atoms with van der Waals surface area (Å²) in [5, 5.41) is 0.506. The molecule has 1 heterocycles. The molecule has 22 heavy (non-hydrogen) atoms. The molecule has 5 heteroatoms. The lowest BCUT2D eigenvalue weighted by atomic mass is 10.0. The van der Waals surface area contributed by atoms with Crippen LogP contribution in [-0.2, 0) is 14.3 Å². The minimum absolute atomic E-state index is 0.259. The fourth-order valence-corrected chi connectivity index (χ4v) is 2.52. The van der Waals surface area contributed by atoms with Crippen molar-refractivity contribution in [2.24, 2.45) is 0 Å². The van der Waals surface area contributed by atoms with Gasteiger partial charge in [0.1, 0.15) is 0 Å². The smallest absolute Gasteiger partial charge is 0.340 e. The van der Waals surface area contributed by atoms with E-state index < -0.39 is 5.97 Å². The van der Waals surface area contributed by atoms with Gasteiger partial charge in [-0.05, 0) is 24.6 Å². The Morgan fingerprint density at radius 1 is 1.41 bits per heavy atom. The summed E-state index contributed by atoms with van der Waals surface area (Å²) in [6.45, 7) is 5.67. The number of amides is 1. The van der Waals surface area contributed by atoms with E-state index in [-0.39, 0.29) is 17.1 Å². The van der Waals surface area contributed by atoms with Crippen molar-refractivity contribution >= 4 is 29.6 Å². The fourth-order valence-electron chi connectivity index (χ4n) is 2.32. The highest BCUT2D eigenvalue weighted by molar-refractivity contribution is 6.32. The van der Waals surface area contributed by atoms with Crippen LogP contribution in [0.4, 0.5) is 0 Å². The number of carbonyl (C=O) groups is 2. The Bertz CT molecular complexity index is 704. The van der Waals surface area contributed by atoms with Gasteiger partial charge in [-0.15, -0.1) is 6.58 Å². The van der Waals surface area contributed by atoms with Crippen LogP contribution >= 0.6 is 11.6 Å². The van der Waals surface area contributed by atoms with Crippen LogP contribution in [0, 0.1) is 0 Å². The lowest BCUT2D eigenvalue weighted by Gasteiger charge is -2.14. The standard InChI is InChI=1S/C17H16ClNO3/c1-4-9-19-11(2)15(17(21)22-3)13(16(19)20)10-12-7-5-6-8-14(12)18/h4-8,10H,1,9H2,2-3H3/b13-10-. The van der Waals surface area contributed by atoms with Gasteiger partial charge in [0.25, 0.3) is 5.91 Å². The zero-order valence-corrected chi connectivity index (χ0v) is 13.2. The van der Waals surface area contributed by atoms with E-state index in [4.69, 9.17) is 16.3 Å². The first kappa shape index (κ1) is 16.0. The number of ether oxygens (including phenoxy) is 1.